The maximum atomic E-state index is 6.76. The summed E-state index contributed by atoms with van der Waals surface area (Å²) in [5, 5.41) is 4.38. The Hall–Kier alpha value is -7.17. The third-order valence-electron chi connectivity index (χ3n) is 9.94. The molecule has 2 aromatic heterocycles. The molecule has 0 aliphatic heterocycles. The van der Waals surface area contributed by atoms with Gasteiger partial charge in [0.1, 0.15) is 11.2 Å². The van der Waals surface area contributed by atoms with Crippen molar-refractivity contribution in [3.05, 3.63) is 188 Å². The number of hydrogen-bond donors (Lipinski definition) is 0. The van der Waals surface area contributed by atoms with Crippen LogP contribution in [0.5, 0.6) is 0 Å². The summed E-state index contributed by atoms with van der Waals surface area (Å²) in [5.74, 6) is 1.80. The van der Waals surface area contributed by atoms with E-state index in [2.05, 4.69) is 170 Å². The van der Waals surface area contributed by atoms with Crippen LogP contribution in [0.2, 0.25) is 0 Å². The van der Waals surface area contributed by atoms with Crippen LogP contribution in [0.25, 0.3) is 100 Å². The van der Waals surface area contributed by atoms with Crippen molar-refractivity contribution in [1.82, 2.24) is 15.0 Å². The molecule has 10 rings (SSSR count). The highest BCUT2D eigenvalue weighted by atomic mass is 16.3. The number of hydrogen-bond acceptors (Lipinski definition) is 4. The van der Waals surface area contributed by atoms with Gasteiger partial charge in [-0.25, -0.2) is 15.0 Å². The van der Waals surface area contributed by atoms with Crippen molar-refractivity contribution in [2.45, 2.75) is 0 Å². The molecule has 2 heterocycles. The van der Waals surface area contributed by atoms with Gasteiger partial charge in [-0.3, -0.25) is 0 Å². The molecule has 8 aromatic carbocycles. The van der Waals surface area contributed by atoms with Crippen LogP contribution in [0, 0.1) is 0 Å². The number of aromatic nitrogens is 3. The van der Waals surface area contributed by atoms with Gasteiger partial charge in [0.25, 0.3) is 0 Å². The van der Waals surface area contributed by atoms with E-state index in [1.165, 1.54) is 0 Å². The molecule has 0 saturated carbocycles. The van der Waals surface area contributed by atoms with Gasteiger partial charge in [-0.05, 0) is 57.0 Å². The lowest BCUT2D eigenvalue weighted by Gasteiger charge is -2.10. The SMILES string of the molecule is c1ccc(-c2ccc(-c3nc(-c4ccc(-c5ccccc5)cc4)nc(-c4ccc5c(c4)oc4c6ccccc6cc(-c6ccccc6)c54)n3)cc2)cc1. The lowest BCUT2D eigenvalue weighted by molar-refractivity contribution is 0.673. The van der Waals surface area contributed by atoms with Crippen LogP contribution in [0.3, 0.4) is 0 Å². The fraction of sp³-hybridized carbons (Fsp3) is 0. The summed E-state index contributed by atoms with van der Waals surface area (Å²) in [6.07, 6.45) is 0. The Morgan fingerprint density at radius 1 is 0.321 bits per heavy atom. The molecular weight excluding hydrogens is 647 g/mol. The second-order valence-electron chi connectivity index (χ2n) is 13.2. The summed E-state index contributed by atoms with van der Waals surface area (Å²) in [6.45, 7) is 0. The number of benzene rings is 8. The van der Waals surface area contributed by atoms with Crippen LogP contribution >= 0.6 is 0 Å². The van der Waals surface area contributed by atoms with E-state index in [1.807, 2.05) is 18.2 Å². The van der Waals surface area contributed by atoms with E-state index in [0.29, 0.717) is 17.5 Å². The van der Waals surface area contributed by atoms with Crippen molar-refractivity contribution < 1.29 is 4.42 Å². The smallest absolute Gasteiger partial charge is 0.164 e. The van der Waals surface area contributed by atoms with E-state index in [-0.39, 0.29) is 0 Å². The molecule has 0 atom stereocenters. The molecule has 0 aliphatic carbocycles. The predicted octanol–water partition coefficient (Wildman–Crippen LogP) is 12.9. The summed E-state index contributed by atoms with van der Waals surface area (Å²) >= 11 is 0. The van der Waals surface area contributed by atoms with Crippen LogP contribution in [-0.2, 0) is 0 Å². The Bertz CT molecular complexity index is 2800. The van der Waals surface area contributed by atoms with Gasteiger partial charge in [-0.1, -0.05) is 170 Å². The zero-order valence-corrected chi connectivity index (χ0v) is 28.6. The molecule has 0 N–H and O–H groups in total. The van der Waals surface area contributed by atoms with E-state index >= 15 is 0 Å². The largest absolute Gasteiger partial charge is 0.455 e. The maximum absolute atomic E-state index is 6.76. The minimum Gasteiger partial charge on any atom is -0.455 e. The van der Waals surface area contributed by atoms with E-state index in [4.69, 9.17) is 19.4 Å². The lowest BCUT2D eigenvalue weighted by Crippen LogP contribution is -2.00. The second-order valence-corrected chi connectivity index (χ2v) is 13.2. The monoisotopic (exact) mass is 677 g/mol. The van der Waals surface area contributed by atoms with Crippen molar-refractivity contribution >= 4 is 32.7 Å². The first-order chi connectivity index (χ1) is 26.2. The zero-order valence-electron chi connectivity index (χ0n) is 28.6. The minimum absolute atomic E-state index is 0.583. The molecule has 53 heavy (non-hydrogen) atoms. The summed E-state index contributed by atoms with van der Waals surface area (Å²) < 4.78 is 6.76. The summed E-state index contributed by atoms with van der Waals surface area (Å²) in [6, 6.07) is 65.1. The molecule has 10 aromatic rings. The van der Waals surface area contributed by atoms with Gasteiger partial charge in [-0.2, -0.15) is 0 Å². The fourth-order valence-corrected chi connectivity index (χ4v) is 7.24. The molecule has 4 heteroatoms. The normalized spacial score (nSPS) is 11.4. The standard InChI is InChI=1S/C49H31N3O/c1-4-12-32(13-5-1)34-20-24-37(25-21-34)47-50-48(38-26-22-35(23-27-38)33-14-6-2-7-15-33)52-49(51-47)40-28-29-42-44(31-40)53-46-41-19-11-10-18-39(41)30-43(45(42)46)36-16-8-3-9-17-36/h1-31H. The molecule has 0 fully saturated rings. The highest BCUT2D eigenvalue weighted by Gasteiger charge is 2.19. The predicted molar refractivity (Wildman–Crippen MR) is 217 cm³/mol. The van der Waals surface area contributed by atoms with Gasteiger partial charge in [0, 0.05) is 32.8 Å². The number of fused-ring (bicyclic) bond motifs is 5. The van der Waals surface area contributed by atoms with Gasteiger partial charge in [0.15, 0.2) is 17.5 Å². The van der Waals surface area contributed by atoms with Crippen molar-refractivity contribution in [3.8, 4) is 67.5 Å². The van der Waals surface area contributed by atoms with Gasteiger partial charge < -0.3 is 4.42 Å². The molecule has 0 unspecified atom stereocenters. The van der Waals surface area contributed by atoms with Crippen LogP contribution in [0.4, 0.5) is 0 Å². The lowest BCUT2D eigenvalue weighted by atomic mass is 9.95. The third-order valence-corrected chi connectivity index (χ3v) is 9.94. The maximum Gasteiger partial charge on any atom is 0.164 e. The summed E-state index contributed by atoms with van der Waals surface area (Å²) in [5.41, 5.74) is 11.3. The third kappa shape index (κ3) is 5.63. The van der Waals surface area contributed by atoms with Crippen LogP contribution in [-0.4, -0.2) is 15.0 Å². The number of nitrogens with zero attached hydrogens (tertiary/aromatic N) is 3. The Kier molecular flexibility index (Phi) is 7.43. The highest BCUT2D eigenvalue weighted by molar-refractivity contribution is 6.21. The van der Waals surface area contributed by atoms with Crippen LogP contribution in [0.15, 0.2) is 192 Å². The quantitative estimate of drug-likeness (QED) is 0.176. The molecule has 4 nitrogen and oxygen atoms in total. The Morgan fingerprint density at radius 2 is 0.755 bits per heavy atom. The molecule has 0 spiro atoms. The van der Waals surface area contributed by atoms with Crippen molar-refractivity contribution in [1.29, 1.82) is 0 Å². The van der Waals surface area contributed by atoms with Crippen LogP contribution in [0.1, 0.15) is 0 Å². The molecule has 0 bridgehead atoms. The van der Waals surface area contributed by atoms with Gasteiger partial charge >= 0.3 is 0 Å². The number of furan rings is 1. The number of rotatable bonds is 6. The van der Waals surface area contributed by atoms with Gasteiger partial charge in [0.2, 0.25) is 0 Å². The Labute approximate surface area is 306 Å². The van der Waals surface area contributed by atoms with E-state index in [0.717, 1.165) is 82.8 Å². The molecule has 0 radical (unpaired) electrons. The minimum atomic E-state index is 0.583. The first-order valence-electron chi connectivity index (χ1n) is 17.8. The summed E-state index contributed by atoms with van der Waals surface area (Å²) in [4.78, 5) is 15.2. The highest BCUT2D eigenvalue weighted by Crippen LogP contribution is 2.42. The molecule has 0 saturated heterocycles. The molecule has 0 aliphatic rings. The average Bonchev–Trinajstić information content (AvgIpc) is 3.64. The van der Waals surface area contributed by atoms with Crippen LogP contribution < -0.4 is 0 Å². The van der Waals surface area contributed by atoms with E-state index in [1.54, 1.807) is 0 Å². The van der Waals surface area contributed by atoms with Gasteiger partial charge in [0.05, 0.1) is 0 Å². The topological polar surface area (TPSA) is 51.8 Å². The molecular formula is C49H31N3O. The van der Waals surface area contributed by atoms with Gasteiger partial charge in [-0.15, -0.1) is 0 Å². The van der Waals surface area contributed by atoms with E-state index < -0.39 is 0 Å². The van der Waals surface area contributed by atoms with Crippen molar-refractivity contribution in [3.63, 3.8) is 0 Å². The summed E-state index contributed by atoms with van der Waals surface area (Å²) in [7, 11) is 0. The van der Waals surface area contributed by atoms with Crippen molar-refractivity contribution in [2.75, 3.05) is 0 Å². The van der Waals surface area contributed by atoms with Crippen molar-refractivity contribution in [2.24, 2.45) is 0 Å². The Balaban J connectivity index is 1.13. The first kappa shape index (κ1) is 30.6. The second kappa shape index (κ2) is 12.9. The average molecular weight is 678 g/mol. The molecule has 248 valence electrons. The fourth-order valence-electron chi connectivity index (χ4n) is 7.24. The molecule has 0 amide bonds. The zero-order chi connectivity index (χ0) is 35.1. The van der Waals surface area contributed by atoms with E-state index in [9.17, 15) is 0 Å². The first-order valence-corrected chi connectivity index (χ1v) is 17.8. The Morgan fingerprint density at radius 3 is 1.32 bits per heavy atom.